The van der Waals surface area contributed by atoms with Crippen molar-refractivity contribution in [3.63, 3.8) is 0 Å². The Labute approximate surface area is 146 Å². The Balaban J connectivity index is 1.52. The van der Waals surface area contributed by atoms with E-state index in [0.29, 0.717) is 30.4 Å². The van der Waals surface area contributed by atoms with E-state index < -0.39 is 5.82 Å². The molecule has 6 heteroatoms. The molecule has 0 saturated heterocycles. The van der Waals surface area contributed by atoms with Gasteiger partial charge in [-0.3, -0.25) is 0 Å². The minimum Gasteiger partial charge on any atom is -0.461 e. The predicted octanol–water partition coefficient (Wildman–Crippen LogP) is 3.50. The molecular formula is C19H23FN2O3. The first-order valence-corrected chi connectivity index (χ1v) is 8.73. The Morgan fingerprint density at radius 1 is 1.08 bits per heavy atom. The van der Waals surface area contributed by atoms with Crippen molar-refractivity contribution in [2.24, 2.45) is 0 Å². The highest BCUT2D eigenvalue weighted by Gasteiger charge is 2.13. The van der Waals surface area contributed by atoms with Crippen molar-refractivity contribution in [1.29, 1.82) is 0 Å². The Kier molecular flexibility index (Phi) is 6.30. The number of halogens is 1. The van der Waals surface area contributed by atoms with Gasteiger partial charge < -0.3 is 14.6 Å². The molecule has 0 atom stereocenters. The first kappa shape index (κ1) is 17.8. The van der Waals surface area contributed by atoms with Gasteiger partial charge in [-0.05, 0) is 12.8 Å². The van der Waals surface area contributed by atoms with Crippen molar-refractivity contribution < 1.29 is 19.0 Å². The second kappa shape index (κ2) is 8.87. The highest BCUT2D eigenvalue weighted by Crippen LogP contribution is 2.24. The fraction of sp³-hybridized carbons (Fsp3) is 0.474. The van der Waals surface area contributed by atoms with Gasteiger partial charge in [0.2, 0.25) is 0 Å². The number of rotatable bonds is 7. The molecule has 2 aromatic rings. The van der Waals surface area contributed by atoms with Crippen LogP contribution < -0.4 is 4.74 Å². The number of aromatic nitrogens is 2. The van der Waals surface area contributed by atoms with Crippen LogP contribution in [0, 0.1) is 5.82 Å². The maximum absolute atomic E-state index is 14.2. The normalized spacial score (nSPS) is 15.3. The number of hydrogen-bond donors (Lipinski definition) is 1. The lowest BCUT2D eigenvalue weighted by Gasteiger charge is -2.21. The number of benzene rings is 1. The Hall–Kier alpha value is -2.05. The zero-order chi connectivity index (χ0) is 17.5. The number of aliphatic hydroxyl groups is 1. The first-order valence-electron chi connectivity index (χ1n) is 8.73. The fourth-order valence-corrected chi connectivity index (χ4v) is 3.03. The second-order valence-corrected chi connectivity index (χ2v) is 6.17. The van der Waals surface area contributed by atoms with Gasteiger partial charge in [-0.1, -0.05) is 37.5 Å². The van der Waals surface area contributed by atoms with E-state index in [1.54, 1.807) is 18.2 Å². The van der Waals surface area contributed by atoms with Gasteiger partial charge in [0.25, 0.3) is 0 Å². The lowest BCUT2D eigenvalue weighted by molar-refractivity contribution is 0.0116. The van der Waals surface area contributed by atoms with Crippen LogP contribution in [0.25, 0.3) is 11.1 Å². The lowest BCUT2D eigenvalue weighted by atomic mass is 9.98. The fourth-order valence-electron chi connectivity index (χ4n) is 3.03. The highest BCUT2D eigenvalue weighted by molar-refractivity contribution is 5.63. The summed E-state index contributed by atoms with van der Waals surface area (Å²) in [6.07, 6.45) is 9.43. The van der Waals surface area contributed by atoms with Crippen molar-refractivity contribution in [1.82, 2.24) is 9.97 Å². The number of hydrogen-bond acceptors (Lipinski definition) is 5. The van der Waals surface area contributed by atoms with E-state index in [1.165, 1.54) is 31.7 Å². The van der Waals surface area contributed by atoms with Gasteiger partial charge in [0.05, 0.1) is 19.3 Å². The molecule has 1 aromatic carbocycles. The molecule has 1 aromatic heterocycles. The Bertz CT molecular complexity index is 673. The van der Waals surface area contributed by atoms with E-state index in [0.717, 1.165) is 12.8 Å². The minimum atomic E-state index is -0.455. The Morgan fingerprint density at radius 2 is 1.84 bits per heavy atom. The van der Waals surface area contributed by atoms with Gasteiger partial charge in [0.1, 0.15) is 12.4 Å². The van der Waals surface area contributed by atoms with E-state index in [4.69, 9.17) is 14.6 Å². The molecule has 25 heavy (non-hydrogen) atoms. The summed E-state index contributed by atoms with van der Waals surface area (Å²) in [6, 6.07) is 5.11. The topological polar surface area (TPSA) is 64.5 Å². The molecule has 1 fully saturated rings. The van der Waals surface area contributed by atoms with Crippen LogP contribution in [-0.4, -0.2) is 34.4 Å². The van der Waals surface area contributed by atoms with E-state index in [1.807, 2.05) is 0 Å². The molecule has 0 bridgehead atoms. The van der Waals surface area contributed by atoms with E-state index in [-0.39, 0.29) is 18.2 Å². The van der Waals surface area contributed by atoms with Gasteiger partial charge in [-0.2, -0.15) is 0 Å². The summed E-state index contributed by atoms with van der Waals surface area (Å²) in [5.41, 5.74) is 1.15. The Morgan fingerprint density at radius 3 is 2.56 bits per heavy atom. The summed E-state index contributed by atoms with van der Waals surface area (Å²) in [7, 11) is 0. The second-order valence-electron chi connectivity index (χ2n) is 6.17. The van der Waals surface area contributed by atoms with E-state index in [2.05, 4.69) is 9.97 Å². The summed E-state index contributed by atoms with van der Waals surface area (Å²) in [5, 5.41) is 9.15. The molecule has 3 rings (SSSR count). The van der Waals surface area contributed by atoms with Crippen LogP contribution in [0.15, 0.2) is 30.6 Å². The molecule has 1 N–H and O–H groups in total. The van der Waals surface area contributed by atoms with Crippen molar-refractivity contribution in [2.75, 3.05) is 13.2 Å². The summed E-state index contributed by atoms with van der Waals surface area (Å²) in [6.45, 7) is 0.565. The number of ether oxygens (including phenoxy) is 2. The molecule has 0 amide bonds. The van der Waals surface area contributed by atoms with E-state index in [9.17, 15) is 4.39 Å². The van der Waals surface area contributed by atoms with Crippen molar-refractivity contribution >= 4 is 0 Å². The standard InChI is InChI=1S/C19H23FN2O3/c20-18-14(13-23)5-4-8-17(18)15-11-21-19(22-12-15)25-10-9-24-16-6-2-1-3-7-16/h4-5,8,11-12,16,23H,1-3,6-7,9-10,13H2. The first-order chi connectivity index (χ1) is 12.3. The quantitative estimate of drug-likeness (QED) is 0.777. The molecule has 0 aliphatic heterocycles. The van der Waals surface area contributed by atoms with Crippen LogP contribution in [0.4, 0.5) is 4.39 Å². The van der Waals surface area contributed by atoms with Gasteiger partial charge in [-0.25, -0.2) is 14.4 Å². The summed E-state index contributed by atoms with van der Waals surface area (Å²) < 4.78 is 25.5. The van der Waals surface area contributed by atoms with Gasteiger partial charge in [-0.15, -0.1) is 0 Å². The van der Waals surface area contributed by atoms with Gasteiger partial charge in [0, 0.05) is 29.1 Å². The van der Waals surface area contributed by atoms with Crippen molar-refractivity contribution in [3.8, 4) is 17.1 Å². The maximum Gasteiger partial charge on any atom is 0.316 e. The largest absolute Gasteiger partial charge is 0.461 e. The molecule has 5 nitrogen and oxygen atoms in total. The molecule has 1 aliphatic rings. The van der Waals surface area contributed by atoms with Crippen LogP contribution in [0.1, 0.15) is 37.7 Å². The average Bonchev–Trinajstić information content (AvgIpc) is 2.67. The van der Waals surface area contributed by atoms with Crippen LogP contribution in [-0.2, 0) is 11.3 Å². The third-order valence-electron chi connectivity index (χ3n) is 4.41. The van der Waals surface area contributed by atoms with Crippen molar-refractivity contribution in [3.05, 3.63) is 42.0 Å². The lowest BCUT2D eigenvalue weighted by Crippen LogP contribution is -2.20. The predicted molar refractivity (Wildman–Crippen MR) is 91.7 cm³/mol. The zero-order valence-corrected chi connectivity index (χ0v) is 14.2. The van der Waals surface area contributed by atoms with Crippen LogP contribution in [0.2, 0.25) is 0 Å². The molecule has 1 saturated carbocycles. The SMILES string of the molecule is OCc1cccc(-c2cnc(OCCOC3CCCCC3)nc2)c1F. The summed E-state index contributed by atoms with van der Waals surface area (Å²) in [4.78, 5) is 8.24. The monoisotopic (exact) mass is 346 g/mol. The van der Waals surface area contributed by atoms with Crippen molar-refractivity contribution in [2.45, 2.75) is 44.8 Å². The summed E-state index contributed by atoms with van der Waals surface area (Å²) in [5.74, 6) is -0.455. The highest BCUT2D eigenvalue weighted by atomic mass is 19.1. The third-order valence-corrected chi connectivity index (χ3v) is 4.41. The van der Waals surface area contributed by atoms with Gasteiger partial charge >= 0.3 is 6.01 Å². The van der Waals surface area contributed by atoms with E-state index >= 15 is 0 Å². The minimum absolute atomic E-state index is 0.245. The molecule has 134 valence electrons. The molecule has 1 aliphatic carbocycles. The smallest absolute Gasteiger partial charge is 0.316 e. The van der Waals surface area contributed by atoms with Gasteiger partial charge in [0.15, 0.2) is 0 Å². The third kappa shape index (κ3) is 4.74. The molecule has 0 radical (unpaired) electrons. The van der Waals surface area contributed by atoms with Crippen LogP contribution in [0.3, 0.4) is 0 Å². The summed E-state index contributed by atoms with van der Waals surface area (Å²) >= 11 is 0. The molecule has 0 spiro atoms. The average molecular weight is 346 g/mol. The van der Waals surface area contributed by atoms with Crippen LogP contribution in [0.5, 0.6) is 6.01 Å². The number of aliphatic hydroxyl groups excluding tert-OH is 1. The maximum atomic E-state index is 14.2. The molecule has 1 heterocycles. The number of nitrogens with zero attached hydrogens (tertiary/aromatic N) is 2. The van der Waals surface area contributed by atoms with Crippen LogP contribution >= 0.6 is 0 Å². The zero-order valence-electron chi connectivity index (χ0n) is 14.2. The molecule has 0 unspecified atom stereocenters. The molecular weight excluding hydrogens is 323 g/mol.